The Labute approximate surface area is 113 Å². The second-order valence-corrected chi connectivity index (χ2v) is 5.71. The Morgan fingerprint density at radius 2 is 2.00 bits per heavy atom. The van der Waals surface area contributed by atoms with E-state index in [1.54, 1.807) is 0 Å². The fourth-order valence-electron chi connectivity index (χ4n) is 2.53. The van der Waals surface area contributed by atoms with Gasteiger partial charge in [-0.1, -0.05) is 42.6 Å². The van der Waals surface area contributed by atoms with Crippen molar-refractivity contribution >= 4 is 28.9 Å². The summed E-state index contributed by atoms with van der Waals surface area (Å²) in [4.78, 5) is 0. The molecule has 1 saturated carbocycles. The van der Waals surface area contributed by atoms with Gasteiger partial charge in [0.2, 0.25) is 0 Å². The van der Waals surface area contributed by atoms with Crippen LogP contribution in [0.5, 0.6) is 0 Å². The van der Waals surface area contributed by atoms with E-state index in [1.807, 2.05) is 19.1 Å². The predicted octanol–water partition coefficient (Wildman–Crippen LogP) is 5.23. The predicted molar refractivity (Wildman–Crippen MR) is 74.6 cm³/mol. The van der Waals surface area contributed by atoms with Crippen molar-refractivity contribution in [3.8, 4) is 0 Å². The first-order valence-corrected chi connectivity index (χ1v) is 6.85. The first kappa shape index (κ1) is 12.9. The van der Waals surface area contributed by atoms with E-state index >= 15 is 0 Å². The molecule has 0 atom stereocenters. The van der Waals surface area contributed by atoms with E-state index in [-0.39, 0.29) is 5.41 Å². The summed E-state index contributed by atoms with van der Waals surface area (Å²) in [7, 11) is 0. The van der Waals surface area contributed by atoms with Crippen molar-refractivity contribution in [3.63, 3.8) is 0 Å². The summed E-state index contributed by atoms with van der Waals surface area (Å²) in [6, 6.07) is 5.91. The number of nitrogens with one attached hydrogen (secondary N) is 1. The lowest BCUT2D eigenvalue weighted by Gasteiger charge is -2.43. The zero-order valence-corrected chi connectivity index (χ0v) is 11.5. The lowest BCUT2D eigenvalue weighted by molar-refractivity contribution is 0.252. The van der Waals surface area contributed by atoms with E-state index in [0.717, 1.165) is 31.4 Å². The Bertz CT molecular complexity index is 436. The fourth-order valence-corrected chi connectivity index (χ4v) is 2.83. The summed E-state index contributed by atoms with van der Waals surface area (Å²) in [5, 5.41) is 9.15. The topological polar surface area (TPSA) is 23.9 Å². The zero-order valence-electron chi connectivity index (χ0n) is 10.0. The molecule has 92 valence electrons. The Morgan fingerprint density at radius 1 is 1.29 bits per heavy atom. The van der Waals surface area contributed by atoms with Gasteiger partial charge in [0.05, 0.1) is 10.0 Å². The molecule has 3 heteroatoms. The van der Waals surface area contributed by atoms with Gasteiger partial charge >= 0.3 is 0 Å². The quantitative estimate of drug-likeness (QED) is 0.724. The number of hydrogen-bond acceptors (Lipinski definition) is 1. The van der Waals surface area contributed by atoms with E-state index < -0.39 is 0 Å². The molecule has 0 bridgehead atoms. The standard InChI is InChI=1S/C14H17Cl2N/c1-2-11(17)9-14(6-3-7-14)10-4-5-12(15)13(16)8-10/h4-5,8,17H,2-3,6-7,9H2,1H3. The van der Waals surface area contributed by atoms with Crippen LogP contribution in [-0.2, 0) is 5.41 Å². The van der Waals surface area contributed by atoms with Crippen molar-refractivity contribution in [2.24, 2.45) is 0 Å². The van der Waals surface area contributed by atoms with E-state index in [2.05, 4.69) is 6.07 Å². The SMILES string of the molecule is CCC(=N)CC1(c2ccc(Cl)c(Cl)c2)CCC1. The molecule has 0 aromatic heterocycles. The van der Waals surface area contributed by atoms with Crippen molar-refractivity contribution < 1.29 is 0 Å². The molecule has 17 heavy (non-hydrogen) atoms. The van der Waals surface area contributed by atoms with E-state index in [9.17, 15) is 0 Å². The van der Waals surface area contributed by atoms with Gasteiger partial charge < -0.3 is 5.41 Å². The lowest BCUT2D eigenvalue weighted by Crippen LogP contribution is -2.36. The van der Waals surface area contributed by atoms with Gasteiger partial charge in [-0.05, 0) is 43.4 Å². The minimum absolute atomic E-state index is 0.154. The molecule has 1 nitrogen and oxygen atoms in total. The molecule has 2 rings (SSSR count). The van der Waals surface area contributed by atoms with E-state index in [4.69, 9.17) is 28.6 Å². The molecule has 0 saturated heterocycles. The van der Waals surface area contributed by atoms with Crippen molar-refractivity contribution in [1.29, 1.82) is 5.41 Å². The Balaban J connectivity index is 2.28. The third kappa shape index (κ3) is 2.51. The highest BCUT2D eigenvalue weighted by Crippen LogP contribution is 2.47. The molecule has 1 fully saturated rings. The number of benzene rings is 1. The van der Waals surface area contributed by atoms with Gasteiger partial charge in [0.1, 0.15) is 0 Å². The number of rotatable bonds is 4. The molecule has 0 aliphatic heterocycles. The van der Waals surface area contributed by atoms with E-state index in [0.29, 0.717) is 10.0 Å². The summed E-state index contributed by atoms with van der Waals surface area (Å²) in [6.45, 7) is 2.05. The van der Waals surface area contributed by atoms with Crippen LogP contribution in [0.15, 0.2) is 18.2 Å². The molecule has 0 spiro atoms. The molecule has 0 amide bonds. The lowest BCUT2D eigenvalue weighted by atomic mass is 9.61. The minimum atomic E-state index is 0.154. The van der Waals surface area contributed by atoms with Crippen molar-refractivity contribution in [3.05, 3.63) is 33.8 Å². The third-order valence-electron chi connectivity index (χ3n) is 3.82. The van der Waals surface area contributed by atoms with Gasteiger partial charge in [-0.15, -0.1) is 0 Å². The molecular weight excluding hydrogens is 253 g/mol. The van der Waals surface area contributed by atoms with Crippen molar-refractivity contribution in [2.45, 2.75) is 44.4 Å². The second-order valence-electron chi connectivity index (χ2n) is 4.90. The molecule has 1 aromatic carbocycles. The summed E-state index contributed by atoms with van der Waals surface area (Å²) < 4.78 is 0. The number of halogens is 2. The maximum absolute atomic E-state index is 7.92. The zero-order chi connectivity index (χ0) is 12.5. The van der Waals surface area contributed by atoms with Gasteiger partial charge in [-0.2, -0.15) is 0 Å². The van der Waals surface area contributed by atoms with Crippen LogP contribution in [0.25, 0.3) is 0 Å². The monoisotopic (exact) mass is 269 g/mol. The fraction of sp³-hybridized carbons (Fsp3) is 0.500. The van der Waals surface area contributed by atoms with Crippen LogP contribution >= 0.6 is 23.2 Å². The van der Waals surface area contributed by atoms with Crippen LogP contribution in [0.1, 0.15) is 44.6 Å². The highest BCUT2D eigenvalue weighted by Gasteiger charge is 2.39. The largest absolute Gasteiger partial charge is 0.310 e. The summed E-state index contributed by atoms with van der Waals surface area (Å²) in [6.07, 6.45) is 5.27. The number of hydrogen-bond donors (Lipinski definition) is 1. The highest BCUT2D eigenvalue weighted by molar-refractivity contribution is 6.42. The first-order chi connectivity index (χ1) is 8.07. The van der Waals surface area contributed by atoms with Crippen molar-refractivity contribution in [1.82, 2.24) is 0 Å². The van der Waals surface area contributed by atoms with Crippen LogP contribution in [0, 0.1) is 5.41 Å². The normalized spacial score (nSPS) is 17.6. The molecule has 1 aliphatic rings. The van der Waals surface area contributed by atoms with Gasteiger partial charge in [0.25, 0.3) is 0 Å². The maximum Gasteiger partial charge on any atom is 0.0595 e. The van der Waals surface area contributed by atoms with Crippen LogP contribution in [-0.4, -0.2) is 5.71 Å². The molecule has 1 aliphatic carbocycles. The van der Waals surface area contributed by atoms with Crippen molar-refractivity contribution in [2.75, 3.05) is 0 Å². The average molecular weight is 270 g/mol. The molecule has 0 radical (unpaired) electrons. The second kappa shape index (κ2) is 4.99. The third-order valence-corrected chi connectivity index (χ3v) is 4.56. The molecular formula is C14H17Cl2N. The molecule has 1 N–H and O–H groups in total. The van der Waals surface area contributed by atoms with Crippen LogP contribution in [0.4, 0.5) is 0 Å². The molecule has 1 aromatic rings. The van der Waals surface area contributed by atoms with Gasteiger partial charge in [0.15, 0.2) is 0 Å². The Morgan fingerprint density at radius 3 is 2.47 bits per heavy atom. The van der Waals surface area contributed by atoms with Gasteiger partial charge in [-0.25, -0.2) is 0 Å². The summed E-state index contributed by atoms with van der Waals surface area (Å²) in [5.41, 5.74) is 2.23. The average Bonchev–Trinajstić information content (AvgIpc) is 2.27. The summed E-state index contributed by atoms with van der Waals surface area (Å²) >= 11 is 12.0. The molecule has 0 unspecified atom stereocenters. The smallest absolute Gasteiger partial charge is 0.0595 e. The Kier molecular flexibility index (Phi) is 3.79. The Hall–Kier alpha value is -0.530. The summed E-state index contributed by atoms with van der Waals surface area (Å²) in [5.74, 6) is 0. The van der Waals surface area contributed by atoms with Crippen LogP contribution in [0.3, 0.4) is 0 Å². The van der Waals surface area contributed by atoms with E-state index in [1.165, 1.54) is 12.0 Å². The van der Waals surface area contributed by atoms with Gasteiger partial charge in [-0.3, -0.25) is 0 Å². The maximum atomic E-state index is 7.92. The molecule has 0 heterocycles. The van der Waals surface area contributed by atoms with Crippen LogP contribution < -0.4 is 0 Å². The minimum Gasteiger partial charge on any atom is -0.310 e. The first-order valence-electron chi connectivity index (χ1n) is 6.09. The van der Waals surface area contributed by atoms with Crippen LogP contribution in [0.2, 0.25) is 10.0 Å². The highest BCUT2D eigenvalue weighted by atomic mass is 35.5. The van der Waals surface area contributed by atoms with Gasteiger partial charge in [0, 0.05) is 11.1 Å².